The smallest absolute Gasteiger partial charge is 0.144 e. The third-order valence-corrected chi connectivity index (χ3v) is 6.77. The molecule has 0 spiro atoms. The minimum atomic E-state index is -0.180. The van der Waals surface area contributed by atoms with Crippen molar-refractivity contribution < 1.29 is 4.74 Å². The molecule has 3 nitrogen and oxygen atoms in total. The molecule has 1 aliphatic rings. The van der Waals surface area contributed by atoms with E-state index in [1.54, 1.807) is 11.5 Å². The third-order valence-electron chi connectivity index (χ3n) is 4.81. The van der Waals surface area contributed by atoms with Gasteiger partial charge in [-0.05, 0) is 51.5 Å². The maximum absolute atomic E-state index is 5.99. The number of hydrogen-bond acceptors (Lipinski definition) is 4. The van der Waals surface area contributed by atoms with Gasteiger partial charge >= 0.3 is 0 Å². The van der Waals surface area contributed by atoms with E-state index < -0.39 is 0 Å². The largest absolute Gasteiger partial charge is 0.491 e. The van der Waals surface area contributed by atoms with E-state index in [0.29, 0.717) is 6.61 Å². The van der Waals surface area contributed by atoms with Gasteiger partial charge in [-0.15, -0.1) is 0 Å². The number of hydrogen-bond donors (Lipinski definition) is 1. The zero-order chi connectivity index (χ0) is 19.2. The van der Waals surface area contributed by atoms with Gasteiger partial charge in [-0.3, -0.25) is 3.96 Å². The van der Waals surface area contributed by atoms with E-state index in [-0.39, 0.29) is 5.54 Å². The van der Waals surface area contributed by atoms with Crippen LogP contribution >= 0.6 is 23.8 Å². The highest BCUT2D eigenvalue weighted by Gasteiger charge is 2.34. The highest BCUT2D eigenvalue weighted by molar-refractivity contribution is 7.71. The molecule has 0 atom stereocenters. The summed E-state index contributed by atoms with van der Waals surface area (Å²) in [7, 11) is 0. The third kappa shape index (κ3) is 3.09. The van der Waals surface area contributed by atoms with Gasteiger partial charge in [-0.2, -0.15) is 0 Å². The van der Waals surface area contributed by atoms with Crippen LogP contribution in [0, 0.1) is 11.6 Å². The summed E-state index contributed by atoms with van der Waals surface area (Å²) in [6, 6.07) is 14.7. The molecule has 3 aromatic rings. The van der Waals surface area contributed by atoms with Crippen molar-refractivity contribution in [1.29, 1.82) is 0 Å². The number of benzene rings is 2. The average Bonchev–Trinajstić information content (AvgIpc) is 2.99. The Labute approximate surface area is 169 Å². The van der Waals surface area contributed by atoms with E-state index in [9.17, 15) is 0 Å². The monoisotopic (exact) mass is 396 g/mol. The van der Waals surface area contributed by atoms with Crippen molar-refractivity contribution in [2.45, 2.75) is 39.7 Å². The van der Waals surface area contributed by atoms with Gasteiger partial charge in [0.15, 0.2) is 0 Å². The first-order chi connectivity index (χ1) is 12.9. The molecule has 0 aliphatic carbocycles. The lowest BCUT2D eigenvalue weighted by Gasteiger charge is -2.33. The van der Waals surface area contributed by atoms with Crippen LogP contribution in [0.1, 0.15) is 37.6 Å². The molecule has 0 saturated carbocycles. The number of aromatic nitrogens is 1. The van der Waals surface area contributed by atoms with Crippen LogP contribution in [0.4, 0.5) is 5.69 Å². The Morgan fingerprint density at radius 3 is 2.74 bits per heavy atom. The number of nitrogens with one attached hydrogen (secondary N) is 1. The first-order valence-electron chi connectivity index (χ1n) is 9.30. The summed E-state index contributed by atoms with van der Waals surface area (Å²) >= 11 is 7.69. The van der Waals surface area contributed by atoms with Gasteiger partial charge in [-0.25, -0.2) is 0 Å². The van der Waals surface area contributed by atoms with Gasteiger partial charge in [0, 0.05) is 16.8 Å². The molecule has 2 aromatic carbocycles. The summed E-state index contributed by atoms with van der Waals surface area (Å²) in [4.78, 5) is 1.26. The van der Waals surface area contributed by atoms with Crippen LogP contribution < -0.4 is 10.1 Å². The standard InChI is InChI=1S/C22H24N2OS2/c1-5-12-25-18-9-7-6-8-17(18)24-21(26)19-15-13-14(2)10-11-16(15)23-22(3,4)20(19)27-24/h6-11,13,23H,5,12H2,1-4H3. The lowest BCUT2D eigenvalue weighted by molar-refractivity contribution is 0.317. The van der Waals surface area contributed by atoms with Gasteiger partial charge in [0.05, 0.1) is 22.7 Å². The molecular formula is C22H24N2OS2. The number of para-hydroxylation sites is 2. The zero-order valence-corrected chi connectivity index (χ0v) is 17.8. The molecule has 5 heteroatoms. The van der Waals surface area contributed by atoms with E-state index in [4.69, 9.17) is 17.0 Å². The lowest BCUT2D eigenvalue weighted by Crippen LogP contribution is -2.30. The number of fused-ring (bicyclic) bond motifs is 3. The molecule has 0 saturated heterocycles. The number of nitrogens with zero attached hydrogens (tertiary/aromatic N) is 1. The fourth-order valence-corrected chi connectivity index (χ4v) is 5.20. The van der Waals surface area contributed by atoms with Crippen molar-refractivity contribution in [3.05, 3.63) is 57.5 Å². The first kappa shape index (κ1) is 18.3. The van der Waals surface area contributed by atoms with Gasteiger partial charge in [0.2, 0.25) is 0 Å². The fourth-order valence-electron chi connectivity index (χ4n) is 3.53. The van der Waals surface area contributed by atoms with Gasteiger partial charge in [0.1, 0.15) is 10.4 Å². The van der Waals surface area contributed by atoms with Gasteiger partial charge < -0.3 is 10.1 Å². The molecule has 27 heavy (non-hydrogen) atoms. The van der Waals surface area contributed by atoms with Crippen molar-refractivity contribution in [2.24, 2.45) is 0 Å². The Balaban J connectivity index is 1.95. The van der Waals surface area contributed by atoms with Crippen molar-refractivity contribution in [3.8, 4) is 22.6 Å². The Morgan fingerprint density at radius 1 is 1.19 bits per heavy atom. The van der Waals surface area contributed by atoms with Crippen LogP contribution in [0.25, 0.3) is 16.8 Å². The highest BCUT2D eigenvalue weighted by Crippen LogP contribution is 2.48. The summed E-state index contributed by atoms with van der Waals surface area (Å²) < 4.78 is 8.99. The Morgan fingerprint density at radius 2 is 1.96 bits per heavy atom. The number of rotatable bonds is 4. The molecule has 1 aromatic heterocycles. The molecule has 1 N–H and O–H groups in total. The SMILES string of the molecule is CCCOc1ccccc1-n1sc2c(c1=S)-c1cc(C)ccc1NC2(C)C. The molecule has 0 radical (unpaired) electrons. The normalized spacial score (nSPS) is 14.2. The highest BCUT2D eigenvalue weighted by atomic mass is 32.1. The topological polar surface area (TPSA) is 26.2 Å². The first-order valence-corrected chi connectivity index (χ1v) is 10.5. The second kappa shape index (κ2) is 6.80. The zero-order valence-electron chi connectivity index (χ0n) is 16.1. The van der Waals surface area contributed by atoms with Crippen molar-refractivity contribution in [2.75, 3.05) is 11.9 Å². The molecule has 4 rings (SSSR count). The van der Waals surface area contributed by atoms with E-state index in [1.807, 2.05) is 18.2 Å². The Bertz CT molecular complexity index is 1060. The Kier molecular flexibility index (Phi) is 4.60. The summed E-state index contributed by atoms with van der Waals surface area (Å²) in [6.45, 7) is 9.36. The molecule has 1 aliphatic heterocycles. The van der Waals surface area contributed by atoms with E-state index in [2.05, 4.69) is 61.2 Å². The van der Waals surface area contributed by atoms with Crippen LogP contribution in [0.15, 0.2) is 42.5 Å². The second-order valence-corrected chi connectivity index (χ2v) is 8.85. The van der Waals surface area contributed by atoms with Gasteiger partial charge in [-0.1, -0.05) is 54.4 Å². The molecule has 0 unspecified atom stereocenters. The van der Waals surface area contributed by atoms with Crippen molar-refractivity contribution >= 4 is 29.4 Å². The van der Waals surface area contributed by atoms with E-state index >= 15 is 0 Å². The van der Waals surface area contributed by atoms with Crippen molar-refractivity contribution in [1.82, 2.24) is 3.96 Å². The van der Waals surface area contributed by atoms with Crippen LogP contribution in [0.3, 0.4) is 0 Å². The summed E-state index contributed by atoms with van der Waals surface area (Å²) in [5, 5.41) is 3.68. The number of anilines is 1. The molecule has 0 bridgehead atoms. The minimum Gasteiger partial charge on any atom is -0.491 e. The van der Waals surface area contributed by atoms with E-state index in [1.165, 1.54) is 21.6 Å². The van der Waals surface area contributed by atoms with Crippen LogP contribution in [-0.4, -0.2) is 10.6 Å². The second-order valence-electron chi connectivity index (χ2n) is 7.51. The molecular weight excluding hydrogens is 372 g/mol. The number of ether oxygens (including phenoxy) is 1. The minimum absolute atomic E-state index is 0.180. The van der Waals surface area contributed by atoms with Gasteiger partial charge in [0.25, 0.3) is 0 Å². The molecule has 2 heterocycles. The average molecular weight is 397 g/mol. The molecule has 0 fully saturated rings. The lowest BCUT2D eigenvalue weighted by atomic mass is 9.89. The predicted molar refractivity (Wildman–Crippen MR) is 117 cm³/mol. The van der Waals surface area contributed by atoms with Crippen LogP contribution in [-0.2, 0) is 5.54 Å². The summed E-state index contributed by atoms with van der Waals surface area (Å²) in [6.07, 6.45) is 0.976. The molecule has 140 valence electrons. The van der Waals surface area contributed by atoms with Crippen LogP contribution in [0.5, 0.6) is 5.75 Å². The molecule has 0 amide bonds. The quantitative estimate of drug-likeness (QED) is 0.497. The van der Waals surface area contributed by atoms with Crippen molar-refractivity contribution in [3.63, 3.8) is 0 Å². The fraction of sp³-hybridized carbons (Fsp3) is 0.318. The van der Waals surface area contributed by atoms with E-state index in [0.717, 1.165) is 28.2 Å². The number of aryl methyl sites for hydroxylation is 1. The predicted octanol–water partition coefficient (Wildman–Crippen LogP) is 6.69. The van der Waals surface area contributed by atoms with Crippen LogP contribution in [0.2, 0.25) is 0 Å². The maximum atomic E-state index is 5.99. The summed E-state index contributed by atoms with van der Waals surface area (Å²) in [5.74, 6) is 0.879. The summed E-state index contributed by atoms with van der Waals surface area (Å²) in [5.41, 5.74) is 5.57. The maximum Gasteiger partial charge on any atom is 0.144 e. The Hall–Kier alpha value is -2.11.